The van der Waals surface area contributed by atoms with E-state index in [-0.39, 0.29) is 5.60 Å². The number of aliphatic carboxylic acids is 1. The average molecular weight is 308 g/mol. The highest BCUT2D eigenvalue weighted by molar-refractivity contribution is 7.99. The second-order valence-corrected chi connectivity index (χ2v) is 9.69. The van der Waals surface area contributed by atoms with Crippen molar-refractivity contribution in [2.45, 2.75) is 48.7 Å². The molecule has 2 saturated heterocycles. The molecule has 0 aromatic carbocycles. The average Bonchev–Trinajstić information content (AvgIpc) is 2.76. The lowest BCUT2D eigenvalue weighted by Crippen LogP contribution is -2.52. The first-order valence-electron chi connectivity index (χ1n) is 6.40. The molecule has 0 aliphatic carbocycles. The van der Waals surface area contributed by atoms with Crippen molar-refractivity contribution in [3.05, 3.63) is 0 Å². The highest BCUT2D eigenvalue weighted by Gasteiger charge is 2.51. The first-order chi connectivity index (χ1) is 8.71. The highest BCUT2D eigenvalue weighted by Crippen LogP contribution is 2.41. The van der Waals surface area contributed by atoms with Crippen LogP contribution in [0.15, 0.2) is 0 Å². The molecule has 0 aromatic heterocycles. The molecule has 110 valence electrons. The van der Waals surface area contributed by atoms with Crippen molar-refractivity contribution in [3.63, 3.8) is 0 Å². The van der Waals surface area contributed by atoms with Gasteiger partial charge in [0.1, 0.15) is 0 Å². The Hall–Kier alpha value is -0.270. The van der Waals surface area contributed by atoms with Gasteiger partial charge in [-0.2, -0.15) is 11.8 Å². The van der Waals surface area contributed by atoms with E-state index in [4.69, 9.17) is 9.84 Å². The van der Waals surface area contributed by atoms with Crippen LogP contribution in [0.25, 0.3) is 0 Å². The minimum atomic E-state index is -3.71. The zero-order chi connectivity index (χ0) is 14.3. The molecule has 1 N–H and O–H groups in total. The first kappa shape index (κ1) is 15.1. The Bertz CT molecular complexity index is 463. The lowest BCUT2D eigenvalue weighted by atomic mass is 9.93. The van der Waals surface area contributed by atoms with Crippen LogP contribution in [0.2, 0.25) is 0 Å². The third-order valence-electron chi connectivity index (χ3n) is 4.18. The fourth-order valence-corrected chi connectivity index (χ4v) is 6.03. The van der Waals surface area contributed by atoms with Gasteiger partial charge in [0.25, 0.3) is 0 Å². The lowest BCUT2D eigenvalue weighted by molar-refractivity contribution is -0.139. The second kappa shape index (κ2) is 4.93. The molecule has 2 aliphatic rings. The number of thioether (sulfide) groups is 1. The summed E-state index contributed by atoms with van der Waals surface area (Å²) in [4.78, 5) is 11.2. The molecule has 2 unspecified atom stereocenters. The van der Waals surface area contributed by atoms with E-state index in [0.717, 1.165) is 17.9 Å². The van der Waals surface area contributed by atoms with Crippen LogP contribution in [0.4, 0.5) is 0 Å². The van der Waals surface area contributed by atoms with Gasteiger partial charge in [0.05, 0.1) is 10.9 Å². The summed E-state index contributed by atoms with van der Waals surface area (Å²) >= 11 is 1.77. The van der Waals surface area contributed by atoms with Crippen molar-refractivity contribution >= 4 is 27.6 Å². The topological polar surface area (TPSA) is 80.7 Å². The van der Waals surface area contributed by atoms with Crippen molar-refractivity contribution in [1.29, 1.82) is 0 Å². The number of hydrogen-bond acceptors (Lipinski definition) is 5. The summed E-state index contributed by atoms with van der Waals surface area (Å²) in [7, 11) is -3.71. The summed E-state index contributed by atoms with van der Waals surface area (Å²) < 4.78 is 29.1. The summed E-state index contributed by atoms with van der Waals surface area (Å²) in [6, 6.07) is 0. The van der Waals surface area contributed by atoms with E-state index in [1.165, 1.54) is 13.8 Å². The van der Waals surface area contributed by atoms with Crippen LogP contribution in [0.5, 0.6) is 0 Å². The van der Waals surface area contributed by atoms with E-state index < -0.39 is 25.8 Å². The summed E-state index contributed by atoms with van der Waals surface area (Å²) in [5.41, 5.74) is -0.352. The van der Waals surface area contributed by atoms with E-state index in [9.17, 15) is 13.2 Å². The maximum absolute atomic E-state index is 12.5. The molecule has 2 aliphatic heterocycles. The number of ether oxygens (including phenoxy) is 1. The zero-order valence-electron chi connectivity index (χ0n) is 11.2. The number of carboxylic acid groups (broad SMARTS) is 1. The van der Waals surface area contributed by atoms with Gasteiger partial charge in [-0.25, -0.2) is 8.42 Å². The van der Waals surface area contributed by atoms with Crippen LogP contribution in [0, 0.1) is 0 Å². The quantitative estimate of drug-likeness (QED) is 0.847. The predicted molar refractivity (Wildman–Crippen MR) is 74.3 cm³/mol. The van der Waals surface area contributed by atoms with Crippen LogP contribution in [-0.4, -0.2) is 53.2 Å². The maximum atomic E-state index is 12.5. The Morgan fingerprint density at radius 3 is 2.68 bits per heavy atom. The molecule has 2 atom stereocenters. The van der Waals surface area contributed by atoms with Crippen molar-refractivity contribution < 1.29 is 23.1 Å². The predicted octanol–water partition coefficient (Wildman–Crippen LogP) is 1.32. The number of carbonyl (C=O) groups is 1. The molecule has 0 amide bonds. The molecule has 0 bridgehead atoms. The van der Waals surface area contributed by atoms with E-state index >= 15 is 0 Å². The number of carboxylic acids is 1. The molecule has 7 heteroatoms. The third-order valence-corrected chi connectivity index (χ3v) is 8.28. The van der Waals surface area contributed by atoms with Gasteiger partial charge in [-0.05, 0) is 38.9 Å². The maximum Gasteiger partial charge on any atom is 0.324 e. The van der Waals surface area contributed by atoms with Crippen LogP contribution in [0.1, 0.15) is 33.1 Å². The Balaban J connectivity index is 2.24. The fraction of sp³-hybridized carbons (Fsp3) is 0.917. The first-order valence-corrected chi connectivity index (χ1v) is 9.10. The van der Waals surface area contributed by atoms with Crippen molar-refractivity contribution in [2.75, 3.05) is 18.1 Å². The van der Waals surface area contributed by atoms with E-state index in [0.29, 0.717) is 19.4 Å². The summed E-state index contributed by atoms with van der Waals surface area (Å²) in [6.45, 7) is 2.95. The molecule has 0 saturated carbocycles. The Morgan fingerprint density at radius 2 is 2.16 bits per heavy atom. The summed E-state index contributed by atoms with van der Waals surface area (Å²) in [5, 5.41) is 8.54. The normalized spacial score (nSPS) is 32.6. The van der Waals surface area contributed by atoms with Gasteiger partial charge in [0.2, 0.25) is 0 Å². The van der Waals surface area contributed by atoms with Gasteiger partial charge in [-0.15, -0.1) is 0 Å². The molecule has 2 fully saturated rings. The summed E-state index contributed by atoms with van der Waals surface area (Å²) in [5.74, 6) is 0.510. The third kappa shape index (κ3) is 2.52. The molecular formula is C12H20O5S2. The molecule has 0 aromatic rings. The molecule has 2 heterocycles. The Kier molecular flexibility index (Phi) is 3.92. The van der Waals surface area contributed by atoms with E-state index in [1.54, 1.807) is 11.8 Å². The van der Waals surface area contributed by atoms with Gasteiger partial charge in [0, 0.05) is 12.4 Å². The number of sulfone groups is 1. The largest absolute Gasteiger partial charge is 0.480 e. The smallest absolute Gasteiger partial charge is 0.324 e. The monoisotopic (exact) mass is 308 g/mol. The molecule has 2 rings (SSSR count). The van der Waals surface area contributed by atoms with Crippen molar-refractivity contribution in [1.82, 2.24) is 0 Å². The number of rotatable bonds is 3. The fourth-order valence-electron chi connectivity index (χ4n) is 2.65. The number of hydrogen-bond donors (Lipinski definition) is 1. The van der Waals surface area contributed by atoms with Crippen LogP contribution in [0.3, 0.4) is 0 Å². The molecular weight excluding hydrogens is 288 g/mol. The van der Waals surface area contributed by atoms with Crippen molar-refractivity contribution in [2.24, 2.45) is 0 Å². The van der Waals surface area contributed by atoms with Crippen LogP contribution < -0.4 is 0 Å². The van der Waals surface area contributed by atoms with E-state index in [2.05, 4.69) is 0 Å². The minimum absolute atomic E-state index is 0.352. The van der Waals surface area contributed by atoms with Gasteiger partial charge < -0.3 is 9.84 Å². The van der Waals surface area contributed by atoms with Gasteiger partial charge >= 0.3 is 5.97 Å². The van der Waals surface area contributed by atoms with Gasteiger partial charge in [0.15, 0.2) is 14.6 Å². The lowest BCUT2D eigenvalue weighted by Gasteiger charge is -2.39. The van der Waals surface area contributed by atoms with Crippen molar-refractivity contribution in [3.8, 4) is 0 Å². The molecule has 19 heavy (non-hydrogen) atoms. The Morgan fingerprint density at radius 1 is 1.47 bits per heavy atom. The standard InChI is InChI=1S/C12H20O5S2/c1-11(2,10(13)14)19(15,16)9-3-5-17-12(7-9)4-6-18-8-12/h9H,3-8H2,1-2H3,(H,13,14). The zero-order valence-corrected chi connectivity index (χ0v) is 12.8. The summed E-state index contributed by atoms with van der Waals surface area (Å²) in [6.07, 6.45) is 1.68. The highest BCUT2D eigenvalue weighted by atomic mass is 32.2. The van der Waals surface area contributed by atoms with E-state index in [1.807, 2.05) is 0 Å². The van der Waals surface area contributed by atoms with Crippen LogP contribution in [-0.2, 0) is 19.4 Å². The molecule has 1 spiro atoms. The SMILES string of the molecule is CC(C)(C(=O)O)S(=O)(=O)C1CCOC2(CCSC2)C1. The van der Waals surface area contributed by atoms with Gasteiger partial charge in [-0.1, -0.05) is 0 Å². The minimum Gasteiger partial charge on any atom is -0.480 e. The second-order valence-electron chi connectivity index (χ2n) is 5.81. The van der Waals surface area contributed by atoms with Gasteiger partial charge in [-0.3, -0.25) is 4.79 Å². The van der Waals surface area contributed by atoms with Crippen LogP contribution >= 0.6 is 11.8 Å². The molecule has 0 radical (unpaired) electrons. The Labute approximate surface area is 118 Å². The molecule has 5 nitrogen and oxygen atoms in total.